The summed E-state index contributed by atoms with van der Waals surface area (Å²) in [5.41, 5.74) is 6.95. The average molecular weight is 424 g/mol. The molecule has 0 aromatic heterocycles. The zero-order valence-electron chi connectivity index (χ0n) is 16.7. The minimum Gasteiger partial charge on any atom is -0.469 e. The molecule has 2 aliphatic heterocycles. The van der Waals surface area contributed by atoms with Crippen molar-refractivity contribution >= 4 is 26.7 Å². The van der Waals surface area contributed by atoms with Crippen LogP contribution in [0.4, 0.5) is 0 Å². The van der Waals surface area contributed by atoms with Crippen LogP contribution < -0.4 is 15.1 Å². The van der Waals surface area contributed by atoms with E-state index < -0.39 is 8.15 Å². The topological polar surface area (TPSA) is 9.23 Å². The van der Waals surface area contributed by atoms with E-state index in [4.69, 9.17) is 4.52 Å². The zero-order chi connectivity index (χ0) is 19.9. The van der Waals surface area contributed by atoms with Gasteiger partial charge in [-0.2, -0.15) is 0 Å². The Morgan fingerprint density at radius 3 is 2.00 bits per heavy atom. The Bertz CT molecular complexity index is 1140. The number of fused-ring (bicyclic) bond motifs is 6. The van der Waals surface area contributed by atoms with Gasteiger partial charge in [-0.25, -0.2) is 0 Å². The molecule has 4 aromatic carbocycles. The van der Waals surface area contributed by atoms with Crippen LogP contribution in [0.3, 0.4) is 0 Å². The smallest absolute Gasteiger partial charge is 0.131 e. The predicted molar refractivity (Wildman–Crippen MR) is 131 cm³/mol. The van der Waals surface area contributed by atoms with Crippen molar-refractivity contribution in [2.45, 2.75) is 6.16 Å². The summed E-state index contributed by atoms with van der Waals surface area (Å²) in [6.45, 7) is 0. The lowest BCUT2D eigenvalue weighted by molar-refractivity contribution is 0.621. The van der Waals surface area contributed by atoms with Crippen molar-refractivity contribution in [3.8, 4) is 28.0 Å². The number of benzene rings is 4. The van der Waals surface area contributed by atoms with Gasteiger partial charge in [-0.1, -0.05) is 98.9 Å². The molecule has 0 unspecified atom stereocenters. The molecule has 0 saturated heterocycles. The van der Waals surface area contributed by atoms with E-state index in [1.807, 2.05) is 0 Å². The standard InChI is InChI=1S/C27H22OP2/c1-2-10-21-20(9-1)19-29(26-15-7-4-12-23(21)26)17-18-30-27-16-8-5-13-24(27)22-11-3-6-14-25(22)28-30/h1-16H,17-19H2/t29-,30+/m0/s1. The predicted octanol–water partition coefficient (Wildman–Crippen LogP) is 6.76. The van der Waals surface area contributed by atoms with Gasteiger partial charge in [0.05, 0.1) is 0 Å². The third kappa shape index (κ3) is 3.09. The largest absolute Gasteiger partial charge is 0.469 e. The second-order valence-electron chi connectivity index (χ2n) is 7.80. The van der Waals surface area contributed by atoms with Crippen LogP contribution in [0.1, 0.15) is 5.56 Å². The summed E-state index contributed by atoms with van der Waals surface area (Å²) < 4.78 is 6.58. The van der Waals surface area contributed by atoms with Crippen molar-refractivity contribution in [3.05, 3.63) is 103 Å². The Balaban J connectivity index is 1.31. The first kappa shape index (κ1) is 18.3. The summed E-state index contributed by atoms with van der Waals surface area (Å²) in [6.07, 6.45) is 3.51. The maximum absolute atomic E-state index is 6.58. The summed E-state index contributed by atoms with van der Waals surface area (Å²) in [4.78, 5) is 0. The Kier molecular flexibility index (Phi) is 4.68. The van der Waals surface area contributed by atoms with E-state index in [0.29, 0.717) is 0 Å². The molecule has 146 valence electrons. The molecule has 2 atom stereocenters. The Morgan fingerprint density at radius 1 is 0.567 bits per heavy atom. The quantitative estimate of drug-likeness (QED) is 0.330. The minimum atomic E-state index is -0.639. The van der Waals surface area contributed by atoms with Gasteiger partial charge in [-0.05, 0) is 45.9 Å². The van der Waals surface area contributed by atoms with Gasteiger partial charge in [-0.3, -0.25) is 0 Å². The molecule has 0 saturated carbocycles. The molecule has 4 aromatic rings. The minimum absolute atomic E-state index is 0.219. The van der Waals surface area contributed by atoms with Crippen molar-refractivity contribution in [1.82, 2.24) is 0 Å². The van der Waals surface area contributed by atoms with Crippen LogP contribution in [0.25, 0.3) is 22.3 Å². The molecule has 1 nitrogen and oxygen atoms in total. The Labute approximate surface area is 180 Å². The highest BCUT2D eigenvalue weighted by molar-refractivity contribution is 7.67. The van der Waals surface area contributed by atoms with Crippen LogP contribution in [-0.2, 0) is 6.16 Å². The lowest BCUT2D eigenvalue weighted by Gasteiger charge is -2.32. The fraction of sp³-hybridized carbons (Fsp3) is 0.111. The fourth-order valence-corrected chi connectivity index (χ4v) is 9.95. The van der Waals surface area contributed by atoms with E-state index in [1.165, 1.54) is 45.4 Å². The molecule has 0 bridgehead atoms. The summed E-state index contributed by atoms with van der Waals surface area (Å²) >= 11 is 0. The van der Waals surface area contributed by atoms with Gasteiger partial charge in [0.15, 0.2) is 0 Å². The molecular weight excluding hydrogens is 402 g/mol. The molecule has 6 rings (SSSR count). The number of rotatable bonds is 3. The summed E-state index contributed by atoms with van der Waals surface area (Å²) in [5.74, 6) is 1.05. The number of para-hydroxylation sites is 1. The molecular formula is C27H22OP2. The monoisotopic (exact) mass is 424 g/mol. The van der Waals surface area contributed by atoms with Gasteiger partial charge in [0.1, 0.15) is 13.9 Å². The second kappa shape index (κ2) is 7.66. The maximum atomic E-state index is 6.58. The van der Waals surface area contributed by atoms with E-state index in [1.54, 1.807) is 5.30 Å². The molecule has 2 heterocycles. The first-order valence-electron chi connectivity index (χ1n) is 10.4. The fourth-order valence-electron chi connectivity index (χ4n) is 4.62. The molecule has 2 aliphatic rings. The molecule has 0 spiro atoms. The summed E-state index contributed by atoms with van der Waals surface area (Å²) in [7, 11) is -0.859. The molecule has 30 heavy (non-hydrogen) atoms. The highest BCUT2D eigenvalue weighted by Gasteiger charge is 2.29. The SMILES string of the molecule is c1ccc2c(c1)C[P@](CC[P@@]1Oc3ccccc3-c3ccccc31)c1ccccc1-2. The molecule has 0 aliphatic carbocycles. The van der Waals surface area contributed by atoms with Gasteiger partial charge in [0.25, 0.3) is 0 Å². The van der Waals surface area contributed by atoms with Crippen molar-refractivity contribution in [2.24, 2.45) is 0 Å². The number of hydrogen-bond donors (Lipinski definition) is 0. The maximum Gasteiger partial charge on any atom is 0.131 e. The van der Waals surface area contributed by atoms with E-state index in [0.717, 1.165) is 11.9 Å². The molecule has 0 N–H and O–H groups in total. The van der Waals surface area contributed by atoms with Crippen LogP contribution in [0.15, 0.2) is 97.1 Å². The van der Waals surface area contributed by atoms with Crippen molar-refractivity contribution in [2.75, 3.05) is 12.3 Å². The van der Waals surface area contributed by atoms with Gasteiger partial charge < -0.3 is 4.52 Å². The van der Waals surface area contributed by atoms with Crippen LogP contribution >= 0.6 is 16.1 Å². The van der Waals surface area contributed by atoms with Crippen LogP contribution in [0.2, 0.25) is 0 Å². The van der Waals surface area contributed by atoms with Crippen molar-refractivity contribution < 1.29 is 4.52 Å². The number of hydrogen-bond acceptors (Lipinski definition) is 1. The van der Waals surface area contributed by atoms with E-state index in [-0.39, 0.29) is 7.92 Å². The second-order valence-corrected chi connectivity index (χ2v) is 12.0. The van der Waals surface area contributed by atoms with E-state index >= 15 is 0 Å². The van der Waals surface area contributed by atoms with Gasteiger partial charge >= 0.3 is 0 Å². The van der Waals surface area contributed by atoms with Crippen molar-refractivity contribution in [1.29, 1.82) is 0 Å². The molecule has 0 amide bonds. The zero-order valence-corrected chi connectivity index (χ0v) is 18.5. The molecule has 0 fully saturated rings. The highest BCUT2D eigenvalue weighted by Crippen LogP contribution is 2.53. The van der Waals surface area contributed by atoms with E-state index in [2.05, 4.69) is 97.1 Å². The molecule has 3 heteroatoms. The normalized spacial score (nSPS) is 18.4. The Morgan fingerprint density at radius 2 is 1.17 bits per heavy atom. The van der Waals surface area contributed by atoms with Gasteiger partial charge in [0, 0.05) is 17.0 Å². The summed E-state index contributed by atoms with van der Waals surface area (Å²) in [5, 5.41) is 2.96. The van der Waals surface area contributed by atoms with Crippen molar-refractivity contribution in [3.63, 3.8) is 0 Å². The summed E-state index contributed by atoms with van der Waals surface area (Å²) in [6, 6.07) is 35.3. The highest BCUT2D eigenvalue weighted by atomic mass is 31.1. The average Bonchev–Trinajstić information content (AvgIpc) is 2.82. The molecule has 0 radical (unpaired) electrons. The Hall–Kier alpha value is -2.46. The third-order valence-corrected chi connectivity index (χ3v) is 10.9. The van der Waals surface area contributed by atoms with Gasteiger partial charge in [-0.15, -0.1) is 0 Å². The van der Waals surface area contributed by atoms with Crippen LogP contribution in [-0.4, -0.2) is 12.3 Å². The first-order valence-corrected chi connectivity index (χ1v) is 13.6. The lowest BCUT2D eigenvalue weighted by atomic mass is 10.0. The van der Waals surface area contributed by atoms with Gasteiger partial charge in [0.2, 0.25) is 0 Å². The lowest BCUT2D eigenvalue weighted by Crippen LogP contribution is -2.20. The van der Waals surface area contributed by atoms with Crippen LogP contribution in [0.5, 0.6) is 5.75 Å². The van der Waals surface area contributed by atoms with E-state index in [9.17, 15) is 0 Å². The third-order valence-electron chi connectivity index (χ3n) is 6.05. The van der Waals surface area contributed by atoms with Crippen LogP contribution in [0, 0.1) is 0 Å². The first-order chi connectivity index (χ1) is 14.9.